The number of carbonyl (C=O) groups excluding carboxylic acids is 3. The van der Waals surface area contributed by atoms with Crippen LogP contribution in [-0.2, 0) is 14.3 Å². The maximum absolute atomic E-state index is 12.3. The lowest BCUT2D eigenvalue weighted by Gasteiger charge is -2.24. The molecule has 1 rings (SSSR count). The first-order valence-electron chi connectivity index (χ1n) is 7.82. The Balaban J connectivity index is 2.64. The van der Waals surface area contributed by atoms with Gasteiger partial charge in [0.1, 0.15) is 0 Å². The van der Waals surface area contributed by atoms with Crippen molar-refractivity contribution >= 4 is 41.0 Å². The van der Waals surface area contributed by atoms with Crippen molar-refractivity contribution in [2.45, 2.75) is 20.3 Å². The van der Waals surface area contributed by atoms with E-state index in [2.05, 4.69) is 10.1 Å². The fourth-order valence-corrected chi connectivity index (χ4v) is 2.39. The van der Waals surface area contributed by atoms with Gasteiger partial charge in [-0.15, -0.1) is 0 Å². The third-order valence-corrected chi connectivity index (χ3v) is 4.07. The molecule has 8 heteroatoms. The molecule has 0 unspecified atom stereocenters. The van der Waals surface area contributed by atoms with Crippen molar-refractivity contribution in [1.29, 1.82) is 0 Å². The highest BCUT2D eigenvalue weighted by Crippen LogP contribution is 2.22. The third kappa shape index (κ3) is 7.32. The van der Waals surface area contributed by atoms with Gasteiger partial charge in [-0.1, -0.05) is 37.0 Å². The van der Waals surface area contributed by atoms with Crippen molar-refractivity contribution in [2.24, 2.45) is 5.92 Å². The van der Waals surface area contributed by atoms with Crippen LogP contribution in [0.4, 0.5) is 0 Å². The van der Waals surface area contributed by atoms with Crippen LogP contribution in [0.3, 0.4) is 0 Å². The van der Waals surface area contributed by atoms with Crippen LogP contribution < -0.4 is 5.32 Å². The zero-order valence-electron chi connectivity index (χ0n) is 14.5. The van der Waals surface area contributed by atoms with Crippen LogP contribution in [0.2, 0.25) is 10.0 Å². The Labute approximate surface area is 157 Å². The summed E-state index contributed by atoms with van der Waals surface area (Å²) in [5.74, 6) is -0.857. The Kier molecular flexibility index (Phi) is 8.72. The summed E-state index contributed by atoms with van der Waals surface area (Å²) in [6.07, 6.45) is 0.107. The van der Waals surface area contributed by atoms with E-state index in [0.717, 1.165) is 0 Å². The van der Waals surface area contributed by atoms with Gasteiger partial charge < -0.3 is 15.0 Å². The molecule has 0 fully saturated rings. The number of carbonyl (C=O) groups is 3. The Bertz CT molecular complexity index is 635. The number of nitrogens with one attached hydrogen (secondary N) is 1. The lowest BCUT2D eigenvalue weighted by Crippen LogP contribution is -2.42. The fraction of sp³-hybridized carbons (Fsp3) is 0.471. The van der Waals surface area contributed by atoms with Gasteiger partial charge in [-0.2, -0.15) is 0 Å². The van der Waals surface area contributed by atoms with E-state index in [4.69, 9.17) is 23.2 Å². The lowest BCUT2D eigenvalue weighted by atomic mass is 10.2. The standard InChI is InChI=1S/C17H22Cl2N2O4/c1-11(2)10-21(7-6-16(23)25-3)15(22)9-20-17(24)12-4-5-13(18)14(19)8-12/h4-5,8,11H,6-7,9-10H2,1-3H3,(H,20,24). The Hall–Kier alpha value is -1.79. The fourth-order valence-electron chi connectivity index (χ4n) is 2.09. The zero-order valence-corrected chi connectivity index (χ0v) is 16.0. The summed E-state index contributed by atoms with van der Waals surface area (Å²) in [4.78, 5) is 37.3. The molecule has 2 amide bonds. The van der Waals surface area contributed by atoms with E-state index in [-0.39, 0.29) is 42.3 Å². The molecular formula is C17H22Cl2N2O4. The van der Waals surface area contributed by atoms with Gasteiger partial charge in [0, 0.05) is 18.7 Å². The van der Waals surface area contributed by atoms with Crippen molar-refractivity contribution in [2.75, 3.05) is 26.7 Å². The molecule has 0 aromatic heterocycles. The smallest absolute Gasteiger partial charge is 0.307 e. The monoisotopic (exact) mass is 388 g/mol. The molecule has 0 bridgehead atoms. The second kappa shape index (κ2) is 10.3. The average molecular weight is 389 g/mol. The van der Waals surface area contributed by atoms with Gasteiger partial charge in [-0.3, -0.25) is 14.4 Å². The minimum Gasteiger partial charge on any atom is -0.469 e. The number of benzene rings is 1. The van der Waals surface area contributed by atoms with Crippen LogP contribution in [-0.4, -0.2) is 49.4 Å². The van der Waals surface area contributed by atoms with Gasteiger partial charge in [0.05, 0.1) is 30.1 Å². The molecule has 25 heavy (non-hydrogen) atoms. The summed E-state index contributed by atoms with van der Waals surface area (Å²) >= 11 is 11.7. The van der Waals surface area contributed by atoms with Gasteiger partial charge in [-0.25, -0.2) is 0 Å². The number of esters is 1. The molecule has 0 atom stereocenters. The maximum Gasteiger partial charge on any atom is 0.307 e. The van der Waals surface area contributed by atoms with E-state index in [1.165, 1.54) is 30.2 Å². The summed E-state index contributed by atoms with van der Waals surface area (Å²) in [6.45, 7) is 4.48. The topological polar surface area (TPSA) is 75.7 Å². The minimum atomic E-state index is -0.426. The van der Waals surface area contributed by atoms with Gasteiger partial charge in [0.25, 0.3) is 5.91 Å². The van der Waals surface area contributed by atoms with Gasteiger partial charge in [0.2, 0.25) is 5.91 Å². The van der Waals surface area contributed by atoms with E-state index < -0.39 is 5.91 Å². The first-order valence-corrected chi connectivity index (χ1v) is 8.58. The molecule has 0 aliphatic heterocycles. The summed E-state index contributed by atoms with van der Waals surface area (Å²) in [7, 11) is 1.30. The van der Waals surface area contributed by atoms with Crippen LogP contribution in [0.1, 0.15) is 30.6 Å². The minimum absolute atomic E-state index is 0.107. The summed E-state index contributed by atoms with van der Waals surface area (Å²) in [5, 5.41) is 3.16. The highest BCUT2D eigenvalue weighted by Gasteiger charge is 2.18. The summed E-state index contributed by atoms with van der Waals surface area (Å²) < 4.78 is 4.59. The molecule has 0 spiro atoms. The lowest BCUT2D eigenvalue weighted by molar-refractivity contribution is -0.141. The largest absolute Gasteiger partial charge is 0.469 e. The number of halogens is 2. The first-order chi connectivity index (χ1) is 11.7. The molecule has 0 aliphatic carbocycles. The van der Waals surface area contributed by atoms with Crippen LogP contribution in [0, 0.1) is 5.92 Å². The molecule has 0 radical (unpaired) electrons. The molecule has 138 valence electrons. The zero-order chi connectivity index (χ0) is 19.0. The summed E-state index contributed by atoms with van der Waals surface area (Å²) in [6, 6.07) is 4.48. The second-order valence-electron chi connectivity index (χ2n) is 5.87. The second-order valence-corrected chi connectivity index (χ2v) is 6.69. The van der Waals surface area contributed by atoms with Crippen molar-refractivity contribution in [3.05, 3.63) is 33.8 Å². The van der Waals surface area contributed by atoms with Crippen LogP contribution in [0.5, 0.6) is 0 Å². The van der Waals surface area contributed by atoms with Crippen molar-refractivity contribution in [3.63, 3.8) is 0 Å². The van der Waals surface area contributed by atoms with Gasteiger partial charge >= 0.3 is 5.97 Å². The Morgan fingerprint density at radius 3 is 2.44 bits per heavy atom. The maximum atomic E-state index is 12.3. The van der Waals surface area contributed by atoms with E-state index >= 15 is 0 Å². The number of hydrogen-bond acceptors (Lipinski definition) is 4. The number of methoxy groups -OCH3 is 1. The highest BCUT2D eigenvalue weighted by molar-refractivity contribution is 6.42. The van der Waals surface area contributed by atoms with Crippen LogP contribution in [0.15, 0.2) is 18.2 Å². The van der Waals surface area contributed by atoms with E-state index in [1.807, 2.05) is 13.8 Å². The van der Waals surface area contributed by atoms with E-state index in [9.17, 15) is 14.4 Å². The molecule has 0 heterocycles. The Morgan fingerprint density at radius 1 is 1.20 bits per heavy atom. The van der Waals surface area contributed by atoms with Crippen LogP contribution >= 0.6 is 23.2 Å². The van der Waals surface area contributed by atoms with Crippen molar-refractivity contribution in [3.8, 4) is 0 Å². The number of amides is 2. The molecule has 6 nitrogen and oxygen atoms in total. The average Bonchev–Trinajstić information content (AvgIpc) is 2.57. The predicted molar refractivity (Wildman–Crippen MR) is 96.8 cm³/mol. The number of hydrogen-bond donors (Lipinski definition) is 1. The molecule has 1 N–H and O–H groups in total. The van der Waals surface area contributed by atoms with E-state index in [1.54, 1.807) is 0 Å². The molecule has 0 saturated carbocycles. The van der Waals surface area contributed by atoms with Gasteiger partial charge in [0.15, 0.2) is 0 Å². The molecule has 0 aliphatic rings. The molecular weight excluding hydrogens is 367 g/mol. The number of nitrogens with zero attached hydrogens (tertiary/aromatic N) is 1. The van der Waals surface area contributed by atoms with Crippen molar-refractivity contribution < 1.29 is 19.1 Å². The molecule has 0 saturated heterocycles. The highest BCUT2D eigenvalue weighted by atomic mass is 35.5. The van der Waals surface area contributed by atoms with E-state index in [0.29, 0.717) is 17.1 Å². The number of ether oxygens (including phenoxy) is 1. The summed E-state index contributed by atoms with van der Waals surface area (Å²) in [5.41, 5.74) is 0.312. The molecule has 1 aromatic rings. The normalized spacial score (nSPS) is 10.5. The first kappa shape index (κ1) is 21.3. The SMILES string of the molecule is COC(=O)CCN(CC(C)C)C(=O)CNC(=O)c1ccc(Cl)c(Cl)c1. The third-order valence-electron chi connectivity index (χ3n) is 3.33. The molecule has 1 aromatic carbocycles. The van der Waals surface area contributed by atoms with Gasteiger partial charge in [-0.05, 0) is 24.1 Å². The predicted octanol–water partition coefficient (Wildman–Crippen LogP) is 2.77. The Morgan fingerprint density at radius 2 is 1.88 bits per heavy atom. The number of rotatable bonds is 8. The van der Waals surface area contributed by atoms with Crippen molar-refractivity contribution in [1.82, 2.24) is 10.2 Å². The quantitative estimate of drug-likeness (QED) is 0.694. The van der Waals surface area contributed by atoms with Crippen LogP contribution in [0.25, 0.3) is 0 Å².